The molecule has 1 unspecified atom stereocenters. The smallest absolute Gasteiger partial charge is 0.0124 e. The molecule has 0 saturated heterocycles. The minimum atomic E-state index is 0.699. The second-order valence-electron chi connectivity index (χ2n) is 5.41. The first-order valence-corrected chi connectivity index (χ1v) is 7.39. The highest BCUT2D eigenvalue weighted by molar-refractivity contribution is 5.52. The first-order chi connectivity index (χ1) is 9.92. The molecule has 0 aromatic heterocycles. The molecule has 0 amide bonds. The maximum absolute atomic E-state index is 2.40. The molecule has 1 aliphatic rings. The Labute approximate surface area is 121 Å². The Bertz CT molecular complexity index is 590. The predicted octanol–water partition coefficient (Wildman–Crippen LogP) is 5.59. The summed E-state index contributed by atoms with van der Waals surface area (Å²) in [4.78, 5) is 0. The molecule has 1 aliphatic carbocycles. The van der Waals surface area contributed by atoms with Crippen LogP contribution in [-0.2, 0) is 0 Å². The van der Waals surface area contributed by atoms with Gasteiger partial charge in [-0.15, -0.1) is 0 Å². The Kier molecular flexibility index (Phi) is 4.13. The first kappa shape index (κ1) is 12.9. The topological polar surface area (TPSA) is 0 Å². The average Bonchev–Trinajstić information content (AvgIpc) is 2.55. The van der Waals surface area contributed by atoms with E-state index in [9.17, 15) is 0 Å². The van der Waals surface area contributed by atoms with Gasteiger partial charge in [0, 0.05) is 0 Å². The van der Waals surface area contributed by atoms with Gasteiger partial charge >= 0.3 is 0 Å². The van der Waals surface area contributed by atoms with Gasteiger partial charge in [-0.1, -0.05) is 84.5 Å². The molecule has 0 fully saturated rings. The summed E-state index contributed by atoms with van der Waals surface area (Å²) >= 11 is 0. The van der Waals surface area contributed by atoms with Gasteiger partial charge in [-0.25, -0.2) is 0 Å². The van der Waals surface area contributed by atoms with Crippen molar-refractivity contribution >= 4 is 6.08 Å². The van der Waals surface area contributed by atoms with E-state index in [-0.39, 0.29) is 0 Å². The highest BCUT2D eigenvalue weighted by Crippen LogP contribution is 2.32. The summed E-state index contributed by atoms with van der Waals surface area (Å²) in [6.07, 6.45) is 10.5. The standard InChI is InChI=1S/C20H20/c1-3-7-17(8-4-1)11-12-18-13-15-20(16-14-18)19-9-5-2-6-10-19/h1-13,20H,14-16H2. The van der Waals surface area contributed by atoms with E-state index in [1.165, 1.54) is 36.0 Å². The normalized spacial score (nSPS) is 19.0. The molecule has 20 heavy (non-hydrogen) atoms. The van der Waals surface area contributed by atoms with Crippen LogP contribution in [0.1, 0.15) is 36.3 Å². The van der Waals surface area contributed by atoms with Gasteiger partial charge in [0.05, 0.1) is 0 Å². The lowest BCUT2D eigenvalue weighted by Gasteiger charge is -2.21. The number of benzene rings is 2. The van der Waals surface area contributed by atoms with E-state index in [1.54, 1.807) is 0 Å². The van der Waals surface area contributed by atoms with E-state index in [2.05, 4.69) is 78.9 Å². The zero-order chi connectivity index (χ0) is 13.6. The lowest BCUT2D eigenvalue weighted by molar-refractivity contribution is 0.606. The van der Waals surface area contributed by atoms with E-state index in [0.717, 1.165) is 0 Å². The molecule has 3 rings (SSSR count). The Balaban J connectivity index is 1.64. The van der Waals surface area contributed by atoms with E-state index in [1.807, 2.05) is 0 Å². The average molecular weight is 260 g/mol. The fraction of sp³-hybridized carbons (Fsp3) is 0.200. The van der Waals surface area contributed by atoms with Crippen LogP contribution in [0.15, 0.2) is 78.4 Å². The molecule has 0 heteroatoms. The molecule has 0 spiro atoms. The van der Waals surface area contributed by atoms with Gasteiger partial charge in [0.15, 0.2) is 0 Å². The summed E-state index contributed by atoms with van der Waals surface area (Å²) in [6.45, 7) is 0. The van der Waals surface area contributed by atoms with Gasteiger partial charge in [-0.2, -0.15) is 0 Å². The van der Waals surface area contributed by atoms with Crippen molar-refractivity contribution < 1.29 is 0 Å². The summed E-state index contributed by atoms with van der Waals surface area (Å²) in [6, 6.07) is 21.4. The van der Waals surface area contributed by atoms with Crippen molar-refractivity contribution in [1.29, 1.82) is 0 Å². The molecule has 0 heterocycles. The third-order valence-electron chi connectivity index (χ3n) is 4.01. The predicted molar refractivity (Wildman–Crippen MR) is 86.6 cm³/mol. The van der Waals surface area contributed by atoms with Crippen LogP contribution >= 0.6 is 0 Å². The second kappa shape index (κ2) is 6.38. The zero-order valence-electron chi connectivity index (χ0n) is 11.7. The number of hydrogen-bond acceptors (Lipinski definition) is 0. The van der Waals surface area contributed by atoms with Crippen LogP contribution in [-0.4, -0.2) is 0 Å². The molecule has 2 aromatic rings. The van der Waals surface area contributed by atoms with Gasteiger partial charge in [-0.3, -0.25) is 0 Å². The van der Waals surface area contributed by atoms with E-state index < -0.39 is 0 Å². The highest BCUT2D eigenvalue weighted by atomic mass is 14.2. The lowest BCUT2D eigenvalue weighted by atomic mass is 9.84. The monoisotopic (exact) mass is 260 g/mol. The first-order valence-electron chi connectivity index (χ1n) is 7.39. The van der Waals surface area contributed by atoms with Crippen LogP contribution in [0.3, 0.4) is 0 Å². The molecule has 0 nitrogen and oxygen atoms in total. The van der Waals surface area contributed by atoms with Crippen molar-refractivity contribution in [2.45, 2.75) is 25.2 Å². The maximum Gasteiger partial charge on any atom is -0.0124 e. The van der Waals surface area contributed by atoms with E-state index >= 15 is 0 Å². The Morgan fingerprint density at radius 1 is 0.800 bits per heavy atom. The van der Waals surface area contributed by atoms with E-state index in [4.69, 9.17) is 0 Å². The largest absolute Gasteiger partial charge is 0.0807 e. The minimum absolute atomic E-state index is 0.699. The maximum atomic E-state index is 2.40. The zero-order valence-corrected chi connectivity index (χ0v) is 11.7. The minimum Gasteiger partial charge on any atom is -0.0807 e. The molecule has 0 aliphatic heterocycles. The molecule has 1 atom stereocenters. The fourth-order valence-electron chi connectivity index (χ4n) is 2.80. The van der Waals surface area contributed by atoms with E-state index in [0.29, 0.717) is 5.92 Å². The Hall–Kier alpha value is -2.08. The van der Waals surface area contributed by atoms with Crippen molar-refractivity contribution in [2.24, 2.45) is 0 Å². The third-order valence-corrected chi connectivity index (χ3v) is 4.01. The van der Waals surface area contributed by atoms with Crippen molar-refractivity contribution in [3.05, 3.63) is 89.5 Å². The Morgan fingerprint density at radius 2 is 1.50 bits per heavy atom. The molecule has 2 aromatic carbocycles. The highest BCUT2D eigenvalue weighted by Gasteiger charge is 2.14. The molecule has 0 bridgehead atoms. The van der Waals surface area contributed by atoms with Crippen molar-refractivity contribution in [1.82, 2.24) is 0 Å². The molecule has 0 N–H and O–H groups in total. The summed E-state index contributed by atoms with van der Waals surface area (Å²) in [7, 11) is 0. The van der Waals surface area contributed by atoms with Crippen LogP contribution in [0.5, 0.6) is 0 Å². The fourth-order valence-corrected chi connectivity index (χ4v) is 2.80. The van der Waals surface area contributed by atoms with Crippen molar-refractivity contribution in [2.75, 3.05) is 0 Å². The number of rotatable bonds is 3. The van der Waals surface area contributed by atoms with Crippen LogP contribution in [0.2, 0.25) is 0 Å². The summed E-state index contributed by atoms with van der Waals surface area (Å²) < 4.78 is 0. The quantitative estimate of drug-likeness (QED) is 0.674. The van der Waals surface area contributed by atoms with Crippen LogP contribution in [0.25, 0.3) is 6.08 Å². The second-order valence-corrected chi connectivity index (χ2v) is 5.41. The van der Waals surface area contributed by atoms with Gasteiger partial charge < -0.3 is 0 Å². The summed E-state index contributed by atoms with van der Waals surface area (Å²) in [5, 5.41) is 0. The molecular weight excluding hydrogens is 240 g/mol. The molecular formula is C20H20. The molecule has 100 valence electrons. The van der Waals surface area contributed by atoms with Crippen molar-refractivity contribution in [3.63, 3.8) is 0 Å². The molecule has 0 saturated carbocycles. The number of allylic oxidation sites excluding steroid dienone is 3. The van der Waals surface area contributed by atoms with Crippen molar-refractivity contribution in [3.8, 4) is 0 Å². The van der Waals surface area contributed by atoms with Gasteiger partial charge in [-0.05, 0) is 36.3 Å². The van der Waals surface area contributed by atoms with Crippen LogP contribution in [0.4, 0.5) is 0 Å². The summed E-state index contributed by atoms with van der Waals surface area (Å²) in [5.41, 5.74) is 4.23. The van der Waals surface area contributed by atoms with Gasteiger partial charge in [0.1, 0.15) is 0 Å². The van der Waals surface area contributed by atoms with Gasteiger partial charge in [0.2, 0.25) is 0 Å². The van der Waals surface area contributed by atoms with Crippen LogP contribution in [0, 0.1) is 0 Å². The number of hydrogen-bond donors (Lipinski definition) is 0. The Morgan fingerprint density at radius 3 is 2.15 bits per heavy atom. The lowest BCUT2D eigenvalue weighted by Crippen LogP contribution is -2.03. The third kappa shape index (κ3) is 3.27. The van der Waals surface area contributed by atoms with Crippen LogP contribution < -0.4 is 0 Å². The summed E-state index contributed by atoms with van der Waals surface area (Å²) in [5.74, 6) is 0.699. The van der Waals surface area contributed by atoms with Gasteiger partial charge in [0.25, 0.3) is 0 Å². The SMILES string of the molecule is C(=Cc1ccccc1)C1=CCC(c2ccccc2)CC1. The molecule has 0 radical (unpaired) electrons.